The third kappa shape index (κ3) is 3.13. The summed E-state index contributed by atoms with van der Waals surface area (Å²) in [6.45, 7) is 4.89. The van der Waals surface area contributed by atoms with Gasteiger partial charge < -0.3 is 14.9 Å². The van der Waals surface area contributed by atoms with Crippen molar-refractivity contribution in [1.82, 2.24) is 24.8 Å². The monoisotopic (exact) mass is 283 g/mol. The van der Waals surface area contributed by atoms with Crippen LogP contribution in [0.1, 0.15) is 25.0 Å². The minimum Gasteiger partial charge on any atom is -0.349 e. The summed E-state index contributed by atoms with van der Waals surface area (Å²) < 4.78 is 2.31. The van der Waals surface area contributed by atoms with Gasteiger partial charge in [-0.05, 0) is 18.6 Å². The molecule has 110 valence electrons. The average Bonchev–Trinajstić information content (AvgIpc) is 3.13. The van der Waals surface area contributed by atoms with Gasteiger partial charge in [0.25, 0.3) is 0 Å². The SMILES string of the molecule is CCCn1c(CNCCc2ncc[nH]2)nc2ccccc21. The van der Waals surface area contributed by atoms with Crippen molar-refractivity contribution >= 4 is 11.0 Å². The molecule has 1 aromatic carbocycles. The summed E-state index contributed by atoms with van der Waals surface area (Å²) in [5.41, 5.74) is 2.30. The van der Waals surface area contributed by atoms with Crippen molar-refractivity contribution in [3.8, 4) is 0 Å². The van der Waals surface area contributed by atoms with Crippen LogP contribution in [0.4, 0.5) is 0 Å². The second-order valence-electron chi connectivity index (χ2n) is 5.13. The Morgan fingerprint density at radius 3 is 3.00 bits per heavy atom. The summed E-state index contributed by atoms with van der Waals surface area (Å²) in [6, 6.07) is 8.34. The molecule has 0 unspecified atom stereocenters. The molecule has 0 aliphatic carbocycles. The summed E-state index contributed by atoms with van der Waals surface area (Å²) in [4.78, 5) is 12.1. The molecule has 21 heavy (non-hydrogen) atoms. The number of nitrogens with zero attached hydrogens (tertiary/aromatic N) is 3. The zero-order valence-corrected chi connectivity index (χ0v) is 12.3. The van der Waals surface area contributed by atoms with Crippen LogP contribution >= 0.6 is 0 Å². The predicted molar refractivity (Wildman–Crippen MR) is 84.0 cm³/mol. The van der Waals surface area contributed by atoms with E-state index in [0.29, 0.717) is 0 Å². The van der Waals surface area contributed by atoms with Crippen molar-refractivity contribution in [3.63, 3.8) is 0 Å². The predicted octanol–water partition coefficient (Wildman–Crippen LogP) is 2.50. The molecule has 2 N–H and O–H groups in total. The zero-order chi connectivity index (χ0) is 14.5. The van der Waals surface area contributed by atoms with E-state index in [1.165, 1.54) is 5.52 Å². The van der Waals surface area contributed by atoms with E-state index in [4.69, 9.17) is 4.98 Å². The first-order valence-corrected chi connectivity index (χ1v) is 7.51. The molecule has 2 heterocycles. The molecule has 0 radical (unpaired) electrons. The molecule has 5 heteroatoms. The first-order valence-electron chi connectivity index (χ1n) is 7.51. The van der Waals surface area contributed by atoms with E-state index in [-0.39, 0.29) is 0 Å². The van der Waals surface area contributed by atoms with Crippen molar-refractivity contribution in [2.75, 3.05) is 6.54 Å². The molecule has 0 bridgehead atoms. The van der Waals surface area contributed by atoms with E-state index in [1.807, 2.05) is 12.3 Å². The van der Waals surface area contributed by atoms with Crippen LogP contribution in [-0.2, 0) is 19.5 Å². The smallest absolute Gasteiger partial charge is 0.123 e. The lowest BCUT2D eigenvalue weighted by Crippen LogP contribution is -2.20. The number of para-hydroxylation sites is 2. The fraction of sp³-hybridized carbons (Fsp3) is 0.375. The van der Waals surface area contributed by atoms with E-state index < -0.39 is 0 Å². The maximum atomic E-state index is 4.74. The van der Waals surface area contributed by atoms with Gasteiger partial charge in [0.15, 0.2) is 0 Å². The Morgan fingerprint density at radius 2 is 2.19 bits per heavy atom. The van der Waals surface area contributed by atoms with Gasteiger partial charge in [-0.2, -0.15) is 0 Å². The molecule has 0 saturated heterocycles. The van der Waals surface area contributed by atoms with E-state index in [1.54, 1.807) is 6.20 Å². The Hall–Kier alpha value is -2.14. The summed E-state index contributed by atoms with van der Waals surface area (Å²) in [5, 5.41) is 3.46. The standard InChI is InChI=1S/C16H21N5/c1-2-11-21-14-6-4-3-5-13(14)20-16(21)12-17-8-7-15-18-9-10-19-15/h3-6,9-10,17H,2,7-8,11-12H2,1H3,(H,18,19). The number of hydrogen-bond acceptors (Lipinski definition) is 3. The van der Waals surface area contributed by atoms with E-state index in [2.05, 4.69) is 45.0 Å². The molecule has 5 nitrogen and oxygen atoms in total. The number of rotatable bonds is 7. The van der Waals surface area contributed by atoms with Gasteiger partial charge in [0.05, 0.1) is 17.6 Å². The second-order valence-corrected chi connectivity index (χ2v) is 5.13. The number of imidazole rings is 2. The van der Waals surface area contributed by atoms with Crippen LogP contribution in [0.5, 0.6) is 0 Å². The van der Waals surface area contributed by atoms with Gasteiger partial charge in [-0.3, -0.25) is 0 Å². The highest BCUT2D eigenvalue weighted by molar-refractivity contribution is 5.75. The van der Waals surface area contributed by atoms with Crippen LogP contribution in [0.3, 0.4) is 0 Å². The van der Waals surface area contributed by atoms with Gasteiger partial charge in [0.1, 0.15) is 11.6 Å². The molecule has 0 aliphatic heterocycles. The number of benzene rings is 1. The molecule has 0 atom stereocenters. The van der Waals surface area contributed by atoms with E-state index in [0.717, 1.165) is 49.6 Å². The molecule has 3 aromatic rings. The number of nitrogens with one attached hydrogen (secondary N) is 2. The molecular weight excluding hydrogens is 262 g/mol. The highest BCUT2D eigenvalue weighted by Gasteiger charge is 2.09. The first kappa shape index (κ1) is 13.8. The average molecular weight is 283 g/mol. The van der Waals surface area contributed by atoms with Gasteiger partial charge >= 0.3 is 0 Å². The molecule has 0 fully saturated rings. The minimum absolute atomic E-state index is 0.787. The maximum Gasteiger partial charge on any atom is 0.123 e. The quantitative estimate of drug-likeness (QED) is 0.655. The molecule has 2 aromatic heterocycles. The van der Waals surface area contributed by atoms with E-state index >= 15 is 0 Å². The van der Waals surface area contributed by atoms with Crippen LogP contribution in [0.2, 0.25) is 0 Å². The van der Waals surface area contributed by atoms with Crippen molar-refractivity contribution in [2.45, 2.75) is 32.9 Å². The fourth-order valence-electron chi connectivity index (χ4n) is 2.58. The van der Waals surface area contributed by atoms with Crippen molar-refractivity contribution < 1.29 is 0 Å². The molecule has 0 spiro atoms. The summed E-state index contributed by atoms with van der Waals surface area (Å²) in [7, 11) is 0. The van der Waals surface area contributed by atoms with Crippen LogP contribution in [0, 0.1) is 0 Å². The fourth-order valence-corrected chi connectivity index (χ4v) is 2.58. The van der Waals surface area contributed by atoms with Crippen molar-refractivity contribution in [2.24, 2.45) is 0 Å². The van der Waals surface area contributed by atoms with Crippen LogP contribution in [-0.4, -0.2) is 26.1 Å². The molecule has 0 saturated carbocycles. The number of hydrogen-bond donors (Lipinski definition) is 2. The summed E-state index contributed by atoms with van der Waals surface area (Å²) in [5.74, 6) is 2.13. The Morgan fingerprint density at radius 1 is 1.29 bits per heavy atom. The van der Waals surface area contributed by atoms with Gasteiger partial charge in [0, 0.05) is 31.9 Å². The van der Waals surface area contributed by atoms with Crippen LogP contribution in [0.25, 0.3) is 11.0 Å². The normalized spacial score (nSPS) is 11.3. The summed E-state index contributed by atoms with van der Waals surface area (Å²) in [6.07, 6.45) is 5.66. The van der Waals surface area contributed by atoms with E-state index in [9.17, 15) is 0 Å². The van der Waals surface area contributed by atoms with Crippen LogP contribution in [0.15, 0.2) is 36.7 Å². The maximum absolute atomic E-state index is 4.74. The van der Waals surface area contributed by atoms with Crippen LogP contribution < -0.4 is 5.32 Å². The van der Waals surface area contributed by atoms with Gasteiger partial charge in [0.2, 0.25) is 0 Å². The second kappa shape index (κ2) is 6.54. The largest absolute Gasteiger partial charge is 0.349 e. The topological polar surface area (TPSA) is 58.5 Å². The number of aromatic nitrogens is 4. The number of H-pyrrole nitrogens is 1. The first-order chi connectivity index (χ1) is 10.4. The number of aromatic amines is 1. The highest BCUT2D eigenvalue weighted by Crippen LogP contribution is 2.16. The molecular formula is C16H21N5. The minimum atomic E-state index is 0.787. The number of fused-ring (bicyclic) bond motifs is 1. The number of aryl methyl sites for hydroxylation is 1. The summed E-state index contributed by atoms with van der Waals surface area (Å²) >= 11 is 0. The van der Waals surface area contributed by atoms with Crippen molar-refractivity contribution in [1.29, 1.82) is 0 Å². The molecule has 0 aliphatic rings. The molecule has 3 rings (SSSR count). The van der Waals surface area contributed by atoms with Crippen molar-refractivity contribution in [3.05, 3.63) is 48.3 Å². The highest BCUT2D eigenvalue weighted by atomic mass is 15.1. The zero-order valence-electron chi connectivity index (χ0n) is 12.3. The Labute approximate surface area is 124 Å². The molecule has 0 amide bonds. The third-order valence-electron chi connectivity index (χ3n) is 3.56. The third-order valence-corrected chi connectivity index (χ3v) is 3.56. The Bertz CT molecular complexity index is 684. The Kier molecular flexibility index (Phi) is 4.31. The van der Waals surface area contributed by atoms with Gasteiger partial charge in [-0.15, -0.1) is 0 Å². The lowest BCUT2D eigenvalue weighted by Gasteiger charge is -2.08. The van der Waals surface area contributed by atoms with Gasteiger partial charge in [-0.1, -0.05) is 19.1 Å². The Balaban J connectivity index is 1.66. The lowest BCUT2D eigenvalue weighted by molar-refractivity contribution is 0.595. The lowest BCUT2D eigenvalue weighted by atomic mass is 10.3. The van der Waals surface area contributed by atoms with Gasteiger partial charge in [-0.25, -0.2) is 9.97 Å².